The molecule has 10 nitrogen and oxygen atoms in total. The number of nitriles is 1. The van der Waals surface area contributed by atoms with Gasteiger partial charge >= 0.3 is 11.9 Å². The third-order valence-electron chi connectivity index (χ3n) is 5.23. The molecule has 10 heteroatoms. The zero-order chi connectivity index (χ0) is 22.2. The maximum atomic E-state index is 12.0. The van der Waals surface area contributed by atoms with Crippen LogP contribution in [0.15, 0.2) is 51.7 Å². The summed E-state index contributed by atoms with van der Waals surface area (Å²) in [6.45, 7) is 1.25. The van der Waals surface area contributed by atoms with Gasteiger partial charge in [0.15, 0.2) is 5.58 Å². The molecule has 4 rings (SSSR count). The van der Waals surface area contributed by atoms with Crippen LogP contribution in [0.5, 0.6) is 0 Å². The maximum Gasteiger partial charge on any atom is 0.426 e. The largest absolute Gasteiger partial charge is 0.426 e. The molecule has 0 saturated carbocycles. The quantitative estimate of drug-likeness (QED) is 0.333. The van der Waals surface area contributed by atoms with Crippen LogP contribution < -0.4 is 16.4 Å². The Balaban J connectivity index is 1.53. The number of amides is 1. The summed E-state index contributed by atoms with van der Waals surface area (Å²) in [5.74, 6) is -1.34. The van der Waals surface area contributed by atoms with Crippen molar-refractivity contribution < 1.29 is 24.5 Å². The first kappa shape index (κ1) is 20.8. The average molecular weight is 424 g/mol. The first-order valence-electron chi connectivity index (χ1n) is 9.59. The third kappa shape index (κ3) is 4.21. The van der Waals surface area contributed by atoms with Crippen LogP contribution >= 0.6 is 0 Å². The Morgan fingerprint density at radius 2 is 1.90 bits per heavy atom. The lowest BCUT2D eigenvalue weighted by molar-refractivity contribution is -0.375. The number of hydrogen-bond acceptors (Lipinski definition) is 8. The van der Waals surface area contributed by atoms with Crippen LogP contribution in [0, 0.1) is 17.2 Å². The number of aliphatic hydroxyl groups is 3. The number of aromatic nitrogens is 1. The van der Waals surface area contributed by atoms with E-state index in [0.717, 1.165) is 11.1 Å². The molecule has 160 valence electrons. The second-order valence-electron chi connectivity index (χ2n) is 7.43. The number of oxazole rings is 1. The molecule has 1 saturated heterocycles. The van der Waals surface area contributed by atoms with Crippen molar-refractivity contribution >= 4 is 17.0 Å². The van der Waals surface area contributed by atoms with Gasteiger partial charge in [0.2, 0.25) is 5.91 Å². The lowest BCUT2D eigenvalue weighted by Crippen LogP contribution is -2.52. The van der Waals surface area contributed by atoms with Gasteiger partial charge < -0.3 is 30.4 Å². The first-order valence-corrected chi connectivity index (χ1v) is 9.59. The monoisotopic (exact) mass is 424 g/mol. The molecule has 0 unspecified atom stereocenters. The molecule has 3 aromatic rings. The number of rotatable bonds is 6. The third-order valence-corrected chi connectivity index (χ3v) is 5.23. The second-order valence-corrected chi connectivity index (χ2v) is 7.43. The molecule has 0 radical (unpaired) electrons. The van der Waals surface area contributed by atoms with Gasteiger partial charge in [-0.25, -0.2) is 4.79 Å². The Labute approximate surface area is 176 Å². The number of fused-ring (bicyclic) bond motifs is 1. The van der Waals surface area contributed by atoms with Gasteiger partial charge in [-0.3, -0.25) is 4.79 Å². The smallest absolute Gasteiger partial charge is 0.408 e. The first-order chi connectivity index (χ1) is 14.8. The fraction of sp³-hybridized carbons (Fsp3) is 0.286. The number of carbonyl (C=O) groups is 1. The Morgan fingerprint density at radius 3 is 2.48 bits per heavy atom. The molecule has 5 N–H and O–H groups in total. The van der Waals surface area contributed by atoms with Crippen LogP contribution in [0.2, 0.25) is 0 Å². The summed E-state index contributed by atoms with van der Waals surface area (Å²) >= 11 is 0. The summed E-state index contributed by atoms with van der Waals surface area (Å²) in [7, 11) is 0. The number of nitrogens with zero attached hydrogens (tertiary/aromatic N) is 2. The SMILES string of the molecule is N#C[C@H](Cc1ccc(-c2ccc3oc(=O)n(C(O)(O)O)c3c2)cc1)NC(=O)C1CNC1. The Hall–Kier alpha value is -3.49. The summed E-state index contributed by atoms with van der Waals surface area (Å²) in [5.41, 5.74) is 2.34. The van der Waals surface area contributed by atoms with Crippen molar-refractivity contribution in [3.8, 4) is 17.2 Å². The van der Waals surface area contributed by atoms with E-state index in [0.29, 0.717) is 29.6 Å². The predicted octanol–water partition coefficient (Wildman–Crippen LogP) is -0.424. The molecule has 1 aliphatic heterocycles. The molecule has 0 bridgehead atoms. The highest BCUT2D eigenvalue weighted by Crippen LogP contribution is 2.26. The van der Waals surface area contributed by atoms with E-state index in [1.807, 2.05) is 12.1 Å². The van der Waals surface area contributed by atoms with E-state index in [4.69, 9.17) is 4.42 Å². The van der Waals surface area contributed by atoms with E-state index in [2.05, 4.69) is 16.7 Å². The topological polar surface area (TPSA) is 161 Å². The Kier molecular flexibility index (Phi) is 5.34. The lowest BCUT2D eigenvalue weighted by Gasteiger charge is -2.26. The average Bonchev–Trinajstić information content (AvgIpc) is 3.01. The van der Waals surface area contributed by atoms with Crippen LogP contribution in [0.25, 0.3) is 22.2 Å². The van der Waals surface area contributed by atoms with Gasteiger partial charge in [-0.15, -0.1) is 0 Å². The number of benzene rings is 2. The maximum absolute atomic E-state index is 12.0. The van der Waals surface area contributed by atoms with Crippen molar-refractivity contribution in [1.82, 2.24) is 15.2 Å². The van der Waals surface area contributed by atoms with Gasteiger partial charge in [0, 0.05) is 19.5 Å². The van der Waals surface area contributed by atoms with Crippen molar-refractivity contribution in [3.63, 3.8) is 0 Å². The van der Waals surface area contributed by atoms with E-state index >= 15 is 0 Å². The molecule has 0 aliphatic carbocycles. The van der Waals surface area contributed by atoms with Crippen molar-refractivity contribution in [2.24, 2.45) is 5.92 Å². The summed E-state index contributed by atoms with van der Waals surface area (Å²) < 4.78 is 5.24. The number of nitrogens with one attached hydrogen (secondary N) is 2. The van der Waals surface area contributed by atoms with Crippen molar-refractivity contribution in [3.05, 3.63) is 58.6 Å². The van der Waals surface area contributed by atoms with Gasteiger partial charge in [0.25, 0.3) is 0 Å². The normalized spacial score (nSPS) is 15.3. The van der Waals surface area contributed by atoms with Gasteiger partial charge in [-0.1, -0.05) is 30.3 Å². The highest BCUT2D eigenvalue weighted by Gasteiger charge is 2.29. The zero-order valence-electron chi connectivity index (χ0n) is 16.3. The molecule has 1 amide bonds. The molecule has 1 atom stereocenters. The van der Waals surface area contributed by atoms with E-state index in [1.165, 1.54) is 12.1 Å². The van der Waals surface area contributed by atoms with Crippen molar-refractivity contribution in [1.29, 1.82) is 5.26 Å². The van der Waals surface area contributed by atoms with Gasteiger partial charge in [-0.2, -0.15) is 9.83 Å². The molecule has 1 aliphatic rings. The summed E-state index contributed by atoms with van der Waals surface area (Å²) in [6, 6.07) is 13.4. The number of carbonyl (C=O) groups excluding carboxylic acids is 1. The molecular weight excluding hydrogens is 404 g/mol. The fourth-order valence-corrected chi connectivity index (χ4v) is 3.44. The van der Waals surface area contributed by atoms with Gasteiger partial charge in [-0.05, 0) is 28.8 Å². The van der Waals surface area contributed by atoms with Crippen LogP contribution in [0.4, 0.5) is 0 Å². The van der Waals surface area contributed by atoms with Crippen LogP contribution in [0.1, 0.15) is 5.56 Å². The molecular formula is C21H20N4O6. The van der Waals surface area contributed by atoms with Crippen LogP contribution in [0.3, 0.4) is 0 Å². The highest BCUT2D eigenvalue weighted by molar-refractivity contribution is 5.81. The van der Waals surface area contributed by atoms with E-state index in [1.54, 1.807) is 18.2 Å². The van der Waals surface area contributed by atoms with Crippen molar-refractivity contribution in [2.75, 3.05) is 13.1 Å². The number of hydrogen-bond donors (Lipinski definition) is 5. The molecule has 2 heterocycles. The highest BCUT2D eigenvalue weighted by atomic mass is 16.7. The molecule has 1 fully saturated rings. The fourth-order valence-electron chi connectivity index (χ4n) is 3.44. The van der Waals surface area contributed by atoms with Gasteiger partial charge in [0.05, 0.1) is 17.5 Å². The molecule has 31 heavy (non-hydrogen) atoms. The predicted molar refractivity (Wildman–Crippen MR) is 108 cm³/mol. The summed E-state index contributed by atoms with van der Waals surface area (Å²) in [6.07, 6.45) is -3.04. The molecule has 1 aromatic heterocycles. The zero-order valence-corrected chi connectivity index (χ0v) is 16.3. The lowest BCUT2D eigenvalue weighted by atomic mass is 9.99. The van der Waals surface area contributed by atoms with Crippen LogP contribution in [-0.4, -0.2) is 44.9 Å². The Morgan fingerprint density at radius 1 is 1.23 bits per heavy atom. The van der Waals surface area contributed by atoms with Crippen LogP contribution in [-0.2, 0) is 17.3 Å². The Bertz CT molecular complexity index is 1210. The standard InChI is InChI=1S/C21H20N4O6/c22-9-16(24-19(26)15-10-23-11-15)7-12-1-3-13(4-2-12)14-5-6-18-17(8-14)25(20(27)31-18)21(28,29)30/h1-6,8,15-16,23,28-30H,7,10-11H2,(H,24,26)/t16-/m0/s1. The minimum Gasteiger partial charge on any atom is -0.408 e. The summed E-state index contributed by atoms with van der Waals surface area (Å²) in [4.78, 5) is 23.9. The summed E-state index contributed by atoms with van der Waals surface area (Å²) in [5, 5.41) is 43.4. The minimum absolute atomic E-state index is 0.0109. The molecule has 2 aromatic carbocycles. The van der Waals surface area contributed by atoms with Gasteiger partial charge in [0.1, 0.15) is 6.04 Å². The van der Waals surface area contributed by atoms with E-state index < -0.39 is 17.9 Å². The minimum atomic E-state index is -3.39. The van der Waals surface area contributed by atoms with E-state index in [-0.39, 0.29) is 22.9 Å². The molecule has 0 spiro atoms. The van der Waals surface area contributed by atoms with Crippen molar-refractivity contribution in [2.45, 2.75) is 18.6 Å². The second kappa shape index (κ2) is 7.98. The van der Waals surface area contributed by atoms with E-state index in [9.17, 15) is 30.2 Å².